The van der Waals surface area contributed by atoms with Crippen molar-refractivity contribution in [3.05, 3.63) is 88.9 Å². The van der Waals surface area contributed by atoms with Gasteiger partial charge in [-0.15, -0.1) is 0 Å². The van der Waals surface area contributed by atoms with Crippen LogP contribution in [-0.2, 0) is 13.0 Å². The van der Waals surface area contributed by atoms with Gasteiger partial charge in [0.05, 0.1) is 17.4 Å². The molecule has 2 aromatic carbocycles. The second kappa shape index (κ2) is 7.34. The van der Waals surface area contributed by atoms with Crippen LogP contribution in [0.15, 0.2) is 54.7 Å². The number of aromatic nitrogens is 1. The maximum atomic E-state index is 13.7. The fourth-order valence-electron chi connectivity index (χ4n) is 3.25. The Kier molecular flexibility index (Phi) is 4.73. The molecule has 0 saturated heterocycles. The maximum absolute atomic E-state index is 13.7. The summed E-state index contributed by atoms with van der Waals surface area (Å²) >= 11 is 0. The summed E-state index contributed by atoms with van der Waals surface area (Å²) in [5.74, 6) is -5.26. The van der Waals surface area contributed by atoms with E-state index < -0.39 is 28.9 Å². The third-order valence-electron chi connectivity index (χ3n) is 4.77. The zero-order chi connectivity index (χ0) is 19.7. The van der Waals surface area contributed by atoms with Gasteiger partial charge in [-0.1, -0.05) is 24.3 Å². The molecule has 3 aromatic rings. The number of pyridine rings is 1. The van der Waals surface area contributed by atoms with Crippen molar-refractivity contribution in [1.29, 1.82) is 0 Å². The lowest BCUT2D eigenvalue weighted by atomic mass is 10.00. The van der Waals surface area contributed by atoms with Crippen LogP contribution in [0.2, 0.25) is 0 Å². The summed E-state index contributed by atoms with van der Waals surface area (Å²) in [6.45, 7) is 1.62. The molecule has 4 nitrogen and oxygen atoms in total. The number of amides is 1. The molecular formula is C21H16F3N3O. The van der Waals surface area contributed by atoms with Gasteiger partial charge in [0.1, 0.15) is 5.82 Å². The maximum Gasteiger partial charge on any atom is 0.259 e. The van der Waals surface area contributed by atoms with E-state index >= 15 is 0 Å². The van der Waals surface area contributed by atoms with Gasteiger partial charge in [-0.2, -0.15) is 0 Å². The lowest BCUT2D eigenvalue weighted by Gasteiger charge is -2.30. The smallest absolute Gasteiger partial charge is 0.259 e. The zero-order valence-electron chi connectivity index (χ0n) is 14.8. The predicted molar refractivity (Wildman–Crippen MR) is 99.7 cm³/mol. The minimum absolute atomic E-state index is 0.190. The number of rotatable bonds is 3. The van der Waals surface area contributed by atoms with E-state index in [0.29, 0.717) is 6.07 Å². The highest BCUT2D eigenvalue weighted by atomic mass is 19.2. The van der Waals surface area contributed by atoms with E-state index in [-0.39, 0.29) is 5.82 Å². The molecule has 1 aromatic heterocycles. The number of fused-ring (bicyclic) bond motifs is 1. The quantitative estimate of drug-likeness (QED) is 0.686. The van der Waals surface area contributed by atoms with Crippen LogP contribution in [0.4, 0.5) is 24.7 Å². The highest BCUT2D eigenvalue weighted by molar-refractivity contribution is 6.04. The lowest BCUT2D eigenvalue weighted by molar-refractivity contribution is 0.102. The molecule has 0 unspecified atom stereocenters. The summed E-state index contributed by atoms with van der Waals surface area (Å²) in [6.07, 6.45) is 2.55. The van der Waals surface area contributed by atoms with Crippen LogP contribution in [-0.4, -0.2) is 17.4 Å². The van der Waals surface area contributed by atoms with E-state index in [1.165, 1.54) is 11.1 Å². The largest absolute Gasteiger partial charge is 0.366 e. The zero-order valence-corrected chi connectivity index (χ0v) is 14.8. The van der Waals surface area contributed by atoms with Gasteiger partial charge in [0.25, 0.3) is 5.91 Å². The second-order valence-corrected chi connectivity index (χ2v) is 6.52. The Morgan fingerprint density at radius 3 is 2.50 bits per heavy atom. The predicted octanol–water partition coefficient (Wildman–Crippen LogP) is 4.31. The molecule has 0 atom stereocenters. The molecule has 7 heteroatoms. The van der Waals surface area contributed by atoms with E-state index in [1.807, 2.05) is 12.1 Å². The number of carbonyl (C=O) groups is 1. The van der Waals surface area contributed by atoms with Gasteiger partial charge < -0.3 is 10.2 Å². The molecule has 2 heterocycles. The Labute approximate surface area is 159 Å². The molecule has 1 aliphatic rings. The van der Waals surface area contributed by atoms with E-state index in [2.05, 4.69) is 27.3 Å². The Bertz CT molecular complexity index is 1040. The number of hydrogen-bond donors (Lipinski definition) is 1. The molecule has 1 N–H and O–H groups in total. The fourth-order valence-corrected chi connectivity index (χ4v) is 3.25. The highest BCUT2D eigenvalue weighted by Crippen LogP contribution is 2.24. The number of benzene rings is 2. The summed E-state index contributed by atoms with van der Waals surface area (Å²) in [7, 11) is 0. The van der Waals surface area contributed by atoms with E-state index in [9.17, 15) is 18.0 Å². The number of carbonyl (C=O) groups excluding carboxylic acids is 1. The first-order valence-electron chi connectivity index (χ1n) is 8.75. The van der Waals surface area contributed by atoms with Gasteiger partial charge in [-0.3, -0.25) is 4.79 Å². The molecule has 0 saturated carbocycles. The molecule has 28 heavy (non-hydrogen) atoms. The molecule has 1 aliphatic heterocycles. The van der Waals surface area contributed by atoms with Crippen molar-refractivity contribution in [2.45, 2.75) is 13.0 Å². The average molecular weight is 383 g/mol. The minimum atomic E-state index is -1.68. The van der Waals surface area contributed by atoms with Gasteiger partial charge in [0.15, 0.2) is 17.5 Å². The second-order valence-electron chi connectivity index (χ2n) is 6.52. The van der Waals surface area contributed by atoms with Crippen LogP contribution < -0.4 is 10.2 Å². The van der Waals surface area contributed by atoms with Crippen LogP contribution in [0, 0.1) is 17.5 Å². The van der Waals surface area contributed by atoms with E-state index in [4.69, 9.17) is 0 Å². The van der Waals surface area contributed by atoms with Crippen LogP contribution in [0.1, 0.15) is 21.5 Å². The Hall–Kier alpha value is -3.35. The Balaban J connectivity index is 1.47. The molecule has 1 amide bonds. The molecule has 0 bridgehead atoms. The van der Waals surface area contributed by atoms with Crippen molar-refractivity contribution in [1.82, 2.24) is 4.98 Å². The average Bonchev–Trinajstić information content (AvgIpc) is 2.72. The van der Waals surface area contributed by atoms with Crippen molar-refractivity contribution >= 4 is 17.4 Å². The van der Waals surface area contributed by atoms with Crippen molar-refractivity contribution in [2.24, 2.45) is 0 Å². The van der Waals surface area contributed by atoms with Gasteiger partial charge in [0, 0.05) is 13.1 Å². The number of anilines is 2. The summed E-state index contributed by atoms with van der Waals surface area (Å²) in [5.41, 5.74) is 2.91. The van der Waals surface area contributed by atoms with Gasteiger partial charge in [0.2, 0.25) is 0 Å². The van der Waals surface area contributed by atoms with E-state index in [1.54, 1.807) is 18.3 Å². The van der Waals surface area contributed by atoms with Crippen LogP contribution in [0.3, 0.4) is 0 Å². The van der Waals surface area contributed by atoms with Crippen molar-refractivity contribution in [2.75, 3.05) is 16.8 Å². The topological polar surface area (TPSA) is 45.2 Å². The molecule has 0 spiro atoms. The SMILES string of the molecule is O=C(Nc1ccc(N2CCc3ccccc3C2)cn1)c1ccc(F)c(F)c1F. The van der Waals surface area contributed by atoms with E-state index in [0.717, 1.165) is 31.3 Å². The first kappa shape index (κ1) is 18.0. The summed E-state index contributed by atoms with van der Waals surface area (Å²) in [5, 5.41) is 2.39. The van der Waals surface area contributed by atoms with Crippen LogP contribution in [0.25, 0.3) is 0 Å². The van der Waals surface area contributed by atoms with Crippen LogP contribution >= 0.6 is 0 Å². The normalized spacial score (nSPS) is 13.2. The number of halogens is 3. The first-order chi connectivity index (χ1) is 13.5. The third-order valence-corrected chi connectivity index (χ3v) is 4.77. The van der Waals surface area contributed by atoms with Gasteiger partial charge in [-0.25, -0.2) is 18.2 Å². The van der Waals surface area contributed by atoms with Crippen molar-refractivity contribution in [3.63, 3.8) is 0 Å². The molecule has 142 valence electrons. The monoisotopic (exact) mass is 383 g/mol. The van der Waals surface area contributed by atoms with Gasteiger partial charge in [-0.05, 0) is 41.8 Å². The molecular weight excluding hydrogens is 367 g/mol. The first-order valence-corrected chi connectivity index (χ1v) is 8.75. The molecule has 0 aliphatic carbocycles. The minimum Gasteiger partial charge on any atom is -0.366 e. The van der Waals surface area contributed by atoms with Crippen molar-refractivity contribution < 1.29 is 18.0 Å². The molecule has 4 rings (SSSR count). The summed E-state index contributed by atoms with van der Waals surface area (Å²) < 4.78 is 40.0. The van der Waals surface area contributed by atoms with Crippen molar-refractivity contribution in [3.8, 4) is 0 Å². The Morgan fingerprint density at radius 1 is 0.964 bits per heavy atom. The standard InChI is InChI=1S/C21H16F3N3O/c22-17-7-6-16(19(23)20(17)24)21(28)26-18-8-5-15(11-25-18)27-10-9-13-3-1-2-4-14(13)12-27/h1-8,11H,9-10,12H2,(H,25,26,28). The lowest BCUT2D eigenvalue weighted by Crippen LogP contribution is -2.30. The Morgan fingerprint density at radius 2 is 1.75 bits per heavy atom. The third kappa shape index (κ3) is 3.43. The summed E-state index contributed by atoms with van der Waals surface area (Å²) in [4.78, 5) is 18.5. The summed E-state index contributed by atoms with van der Waals surface area (Å²) in [6, 6.07) is 13.3. The highest BCUT2D eigenvalue weighted by Gasteiger charge is 2.20. The number of hydrogen-bond acceptors (Lipinski definition) is 3. The number of nitrogens with one attached hydrogen (secondary N) is 1. The number of nitrogens with zero attached hydrogens (tertiary/aromatic N) is 2. The molecule has 0 radical (unpaired) electrons. The van der Waals surface area contributed by atoms with Gasteiger partial charge >= 0.3 is 0 Å². The molecule has 0 fully saturated rings. The van der Waals surface area contributed by atoms with Crippen LogP contribution in [0.5, 0.6) is 0 Å². The fraction of sp³-hybridized carbons (Fsp3) is 0.143.